The van der Waals surface area contributed by atoms with Crippen LogP contribution in [0.25, 0.3) is 11.6 Å². The van der Waals surface area contributed by atoms with Crippen LogP contribution in [0.3, 0.4) is 0 Å². The highest BCUT2D eigenvalue weighted by Gasteiger charge is 2.21. The first kappa shape index (κ1) is 19.4. The predicted octanol–water partition coefficient (Wildman–Crippen LogP) is 3.75. The van der Waals surface area contributed by atoms with E-state index >= 15 is 0 Å². The number of carbonyl (C=O) groups is 1. The molecule has 144 valence electrons. The Hall–Kier alpha value is -3.40. The largest absolute Gasteiger partial charge is 0.461 e. The lowest BCUT2D eigenvalue weighted by molar-refractivity contribution is -0.384. The summed E-state index contributed by atoms with van der Waals surface area (Å²) < 4.78 is 7.18. The van der Waals surface area contributed by atoms with Gasteiger partial charge in [-0.1, -0.05) is 23.9 Å². The van der Waals surface area contributed by atoms with Crippen LogP contribution in [0.1, 0.15) is 6.92 Å². The molecule has 2 aromatic heterocycles. The van der Waals surface area contributed by atoms with Gasteiger partial charge in [0.25, 0.3) is 5.69 Å². The number of rotatable bonds is 8. The van der Waals surface area contributed by atoms with E-state index in [-0.39, 0.29) is 11.6 Å². The van der Waals surface area contributed by atoms with Crippen LogP contribution in [0, 0.1) is 10.1 Å². The Balaban J connectivity index is 1.74. The minimum atomic E-state index is -0.517. The zero-order valence-electron chi connectivity index (χ0n) is 14.9. The number of non-ortho nitro benzene ring substituents is 1. The van der Waals surface area contributed by atoms with Gasteiger partial charge in [0.05, 0.1) is 16.4 Å². The first-order chi connectivity index (χ1) is 13.5. The zero-order chi connectivity index (χ0) is 20.1. The smallest absolute Gasteiger partial charge is 0.271 e. The number of hydrogen-bond donors (Lipinski definition) is 1. The maximum absolute atomic E-state index is 12.5. The van der Waals surface area contributed by atoms with Gasteiger partial charge in [-0.05, 0) is 25.1 Å². The van der Waals surface area contributed by atoms with Crippen LogP contribution in [-0.4, -0.2) is 30.8 Å². The standard InChI is InChI=1S/C18H17N5O4S/c1-3-9-22-16(15-8-5-10-27-15)20-21-18(22)28-12(2)17(24)19-13-6-4-7-14(11-13)23(25)26/h3-8,10-12H,1,9H2,2H3,(H,19,24). The molecule has 0 fully saturated rings. The second-order valence-corrected chi connectivity index (χ2v) is 7.05. The van der Waals surface area contributed by atoms with Crippen molar-refractivity contribution in [3.63, 3.8) is 0 Å². The first-order valence-corrected chi connectivity index (χ1v) is 9.17. The molecule has 28 heavy (non-hydrogen) atoms. The van der Waals surface area contributed by atoms with Crippen molar-refractivity contribution in [2.45, 2.75) is 23.9 Å². The Bertz CT molecular complexity index is 999. The minimum Gasteiger partial charge on any atom is -0.461 e. The third-order valence-corrected chi connectivity index (χ3v) is 4.83. The van der Waals surface area contributed by atoms with Crippen molar-refractivity contribution in [2.75, 3.05) is 5.32 Å². The fourth-order valence-corrected chi connectivity index (χ4v) is 3.27. The number of nitrogens with zero attached hydrogens (tertiary/aromatic N) is 4. The molecule has 0 radical (unpaired) electrons. The van der Waals surface area contributed by atoms with Gasteiger partial charge < -0.3 is 9.73 Å². The molecular weight excluding hydrogens is 382 g/mol. The van der Waals surface area contributed by atoms with E-state index in [1.54, 1.807) is 42.0 Å². The van der Waals surface area contributed by atoms with E-state index in [4.69, 9.17) is 4.42 Å². The van der Waals surface area contributed by atoms with E-state index in [1.807, 2.05) is 0 Å². The molecule has 0 aliphatic heterocycles. The van der Waals surface area contributed by atoms with Gasteiger partial charge in [-0.25, -0.2) is 0 Å². The van der Waals surface area contributed by atoms with E-state index in [1.165, 1.54) is 30.0 Å². The van der Waals surface area contributed by atoms with Crippen LogP contribution in [0.2, 0.25) is 0 Å². The van der Waals surface area contributed by atoms with Gasteiger partial charge in [-0.2, -0.15) is 0 Å². The molecule has 1 unspecified atom stereocenters. The van der Waals surface area contributed by atoms with E-state index in [0.29, 0.717) is 29.0 Å². The summed E-state index contributed by atoms with van der Waals surface area (Å²) in [5.74, 6) is 0.798. The van der Waals surface area contributed by atoms with E-state index in [2.05, 4.69) is 22.1 Å². The molecule has 3 aromatic rings. The van der Waals surface area contributed by atoms with E-state index < -0.39 is 10.2 Å². The Morgan fingerprint density at radius 1 is 1.43 bits per heavy atom. The van der Waals surface area contributed by atoms with Crippen LogP contribution < -0.4 is 5.32 Å². The number of anilines is 1. The third-order valence-electron chi connectivity index (χ3n) is 3.75. The predicted molar refractivity (Wildman–Crippen MR) is 105 cm³/mol. The van der Waals surface area contributed by atoms with Crippen molar-refractivity contribution in [3.05, 3.63) is 65.4 Å². The molecule has 0 aliphatic rings. The molecule has 1 N–H and O–H groups in total. The number of nitro groups is 1. The summed E-state index contributed by atoms with van der Waals surface area (Å²) in [7, 11) is 0. The molecule has 1 aromatic carbocycles. The number of nitrogens with one attached hydrogen (secondary N) is 1. The van der Waals surface area contributed by atoms with Crippen molar-refractivity contribution < 1.29 is 14.1 Å². The molecule has 0 bridgehead atoms. The Kier molecular flexibility index (Phi) is 5.90. The molecular formula is C18H17N5O4S. The number of furan rings is 1. The van der Waals surface area contributed by atoms with E-state index in [9.17, 15) is 14.9 Å². The van der Waals surface area contributed by atoms with Crippen molar-refractivity contribution in [3.8, 4) is 11.6 Å². The number of aromatic nitrogens is 3. The lowest BCUT2D eigenvalue weighted by atomic mass is 10.2. The molecule has 0 saturated carbocycles. The van der Waals surface area contributed by atoms with Gasteiger partial charge in [0, 0.05) is 24.4 Å². The van der Waals surface area contributed by atoms with Crippen molar-refractivity contribution in [1.29, 1.82) is 0 Å². The summed E-state index contributed by atoms with van der Waals surface area (Å²) in [6, 6.07) is 9.31. The first-order valence-electron chi connectivity index (χ1n) is 8.29. The molecule has 3 rings (SSSR count). The third kappa shape index (κ3) is 4.29. The van der Waals surface area contributed by atoms with Crippen LogP contribution in [0.5, 0.6) is 0 Å². The summed E-state index contributed by atoms with van der Waals surface area (Å²) in [6.07, 6.45) is 3.25. The minimum absolute atomic E-state index is 0.0908. The zero-order valence-corrected chi connectivity index (χ0v) is 15.8. The molecule has 1 amide bonds. The van der Waals surface area contributed by atoms with Gasteiger partial charge in [0.2, 0.25) is 11.7 Å². The number of amides is 1. The average Bonchev–Trinajstić information content (AvgIpc) is 3.32. The van der Waals surface area contributed by atoms with Crippen LogP contribution in [0.15, 0.2) is 64.9 Å². The molecule has 0 aliphatic carbocycles. The highest BCUT2D eigenvalue weighted by molar-refractivity contribution is 8.00. The quantitative estimate of drug-likeness (QED) is 0.265. The lowest BCUT2D eigenvalue weighted by Crippen LogP contribution is -2.23. The highest BCUT2D eigenvalue weighted by atomic mass is 32.2. The molecule has 9 nitrogen and oxygen atoms in total. The molecule has 0 spiro atoms. The SMILES string of the molecule is C=CCn1c(SC(C)C(=O)Nc2cccc([N+](=O)[O-])c2)nnc1-c1ccco1. The van der Waals surface area contributed by atoms with Crippen molar-refractivity contribution >= 4 is 29.0 Å². The van der Waals surface area contributed by atoms with Crippen LogP contribution >= 0.6 is 11.8 Å². The molecule has 0 saturated heterocycles. The Morgan fingerprint density at radius 3 is 2.93 bits per heavy atom. The number of allylic oxidation sites excluding steroid dienone is 1. The molecule has 10 heteroatoms. The summed E-state index contributed by atoms with van der Waals surface area (Å²) in [4.78, 5) is 22.9. The fraction of sp³-hybridized carbons (Fsp3) is 0.167. The number of thioether (sulfide) groups is 1. The molecule has 2 heterocycles. The average molecular weight is 399 g/mol. The normalized spacial score (nSPS) is 11.8. The van der Waals surface area contributed by atoms with Crippen molar-refractivity contribution in [2.24, 2.45) is 0 Å². The summed E-state index contributed by atoms with van der Waals surface area (Å²) >= 11 is 1.22. The number of nitro benzene ring substituents is 1. The number of carbonyl (C=O) groups excluding carboxylic acids is 1. The van der Waals surface area contributed by atoms with Gasteiger partial charge in [-0.3, -0.25) is 19.5 Å². The Morgan fingerprint density at radius 2 is 2.25 bits per heavy atom. The lowest BCUT2D eigenvalue weighted by Gasteiger charge is -2.12. The summed E-state index contributed by atoms with van der Waals surface area (Å²) in [5.41, 5.74) is 0.266. The maximum atomic E-state index is 12.5. The second kappa shape index (κ2) is 8.53. The second-order valence-electron chi connectivity index (χ2n) is 5.74. The highest BCUT2D eigenvalue weighted by Crippen LogP contribution is 2.28. The van der Waals surface area contributed by atoms with Crippen LogP contribution in [-0.2, 0) is 11.3 Å². The van der Waals surface area contributed by atoms with Gasteiger partial charge in [-0.15, -0.1) is 16.8 Å². The summed E-state index contributed by atoms with van der Waals surface area (Å²) in [5, 5.41) is 21.9. The van der Waals surface area contributed by atoms with Crippen molar-refractivity contribution in [1.82, 2.24) is 14.8 Å². The molecule has 1 atom stereocenters. The van der Waals surface area contributed by atoms with Gasteiger partial charge >= 0.3 is 0 Å². The van der Waals surface area contributed by atoms with E-state index in [0.717, 1.165) is 0 Å². The van der Waals surface area contributed by atoms with Gasteiger partial charge in [0.15, 0.2) is 10.9 Å². The number of hydrogen-bond acceptors (Lipinski definition) is 7. The monoisotopic (exact) mass is 399 g/mol. The Labute approximate surface area is 164 Å². The number of benzene rings is 1. The van der Waals surface area contributed by atoms with Gasteiger partial charge in [0.1, 0.15) is 0 Å². The fourth-order valence-electron chi connectivity index (χ4n) is 2.41. The van der Waals surface area contributed by atoms with Crippen LogP contribution in [0.4, 0.5) is 11.4 Å². The maximum Gasteiger partial charge on any atom is 0.271 e. The summed E-state index contributed by atoms with van der Waals surface area (Å²) in [6.45, 7) is 5.91. The topological polar surface area (TPSA) is 116 Å².